The highest BCUT2D eigenvalue weighted by molar-refractivity contribution is 5.99. The number of rotatable bonds is 3. The lowest BCUT2D eigenvalue weighted by Gasteiger charge is -2.33. The first-order chi connectivity index (χ1) is 12.1. The Morgan fingerprint density at radius 1 is 1.16 bits per heavy atom. The van der Waals surface area contributed by atoms with E-state index in [-0.39, 0.29) is 17.8 Å². The Labute approximate surface area is 143 Å². The maximum Gasteiger partial charge on any atom is 0.409 e. The standard InChI is InChI=1S/C17H18FN3O4/c1-2-24-17(23)21-9-7-20(8-10-21)16(22)14-11-19-25-15(14)12-3-5-13(18)6-4-12/h3-6,11H,2,7-10H2,1H3. The van der Waals surface area contributed by atoms with Crippen molar-refractivity contribution in [3.8, 4) is 11.3 Å². The molecule has 1 aromatic carbocycles. The molecule has 1 fully saturated rings. The van der Waals surface area contributed by atoms with Crippen molar-refractivity contribution in [1.82, 2.24) is 15.0 Å². The van der Waals surface area contributed by atoms with Crippen molar-refractivity contribution in [2.45, 2.75) is 6.92 Å². The van der Waals surface area contributed by atoms with Crippen molar-refractivity contribution in [3.63, 3.8) is 0 Å². The first-order valence-electron chi connectivity index (χ1n) is 8.01. The highest BCUT2D eigenvalue weighted by Crippen LogP contribution is 2.25. The summed E-state index contributed by atoms with van der Waals surface area (Å²) in [6, 6.07) is 5.66. The van der Waals surface area contributed by atoms with Gasteiger partial charge in [0.1, 0.15) is 11.4 Å². The van der Waals surface area contributed by atoms with Crippen LogP contribution in [0.3, 0.4) is 0 Å². The largest absolute Gasteiger partial charge is 0.450 e. The molecule has 1 aliphatic heterocycles. The molecular weight excluding hydrogens is 329 g/mol. The van der Waals surface area contributed by atoms with Crippen molar-refractivity contribution in [3.05, 3.63) is 41.8 Å². The van der Waals surface area contributed by atoms with Gasteiger partial charge in [0.25, 0.3) is 5.91 Å². The summed E-state index contributed by atoms with van der Waals surface area (Å²) in [4.78, 5) is 27.7. The summed E-state index contributed by atoms with van der Waals surface area (Å²) in [5, 5.41) is 3.70. The number of ether oxygens (including phenoxy) is 1. The molecule has 8 heteroatoms. The van der Waals surface area contributed by atoms with Gasteiger partial charge in [0.2, 0.25) is 0 Å². The quantitative estimate of drug-likeness (QED) is 0.852. The molecule has 0 atom stereocenters. The number of benzene rings is 1. The molecular formula is C17H18FN3O4. The second kappa shape index (κ2) is 7.33. The third-order valence-corrected chi connectivity index (χ3v) is 4.00. The summed E-state index contributed by atoms with van der Waals surface area (Å²) in [5.74, 6) is -0.298. The number of hydrogen-bond donors (Lipinski definition) is 0. The van der Waals surface area contributed by atoms with Gasteiger partial charge < -0.3 is 19.1 Å². The number of piperazine rings is 1. The Bertz CT molecular complexity index is 752. The normalized spacial score (nSPS) is 14.5. The Hall–Kier alpha value is -2.90. The molecule has 1 saturated heterocycles. The van der Waals surface area contributed by atoms with E-state index in [9.17, 15) is 14.0 Å². The van der Waals surface area contributed by atoms with E-state index >= 15 is 0 Å². The summed E-state index contributed by atoms with van der Waals surface area (Å²) in [5.41, 5.74) is 0.892. The molecule has 2 heterocycles. The second-order valence-electron chi connectivity index (χ2n) is 5.55. The molecule has 2 amide bonds. The first kappa shape index (κ1) is 16.9. The van der Waals surface area contributed by atoms with Gasteiger partial charge in [0.15, 0.2) is 5.76 Å². The zero-order valence-corrected chi connectivity index (χ0v) is 13.8. The van der Waals surface area contributed by atoms with Crippen molar-refractivity contribution < 1.29 is 23.2 Å². The molecule has 25 heavy (non-hydrogen) atoms. The van der Waals surface area contributed by atoms with Gasteiger partial charge in [-0.25, -0.2) is 9.18 Å². The van der Waals surface area contributed by atoms with Crippen LogP contribution in [0.15, 0.2) is 35.0 Å². The van der Waals surface area contributed by atoms with E-state index in [0.717, 1.165) is 0 Å². The summed E-state index contributed by atoms with van der Waals surface area (Å²) in [6.45, 7) is 3.67. The number of halogens is 1. The number of nitrogens with zero attached hydrogens (tertiary/aromatic N) is 3. The predicted molar refractivity (Wildman–Crippen MR) is 86.4 cm³/mol. The molecule has 0 N–H and O–H groups in total. The Balaban J connectivity index is 1.70. The molecule has 132 valence electrons. The van der Waals surface area contributed by atoms with Crippen LogP contribution >= 0.6 is 0 Å². The minimum absolute atomic E-state index is 0.232. The number of carbonyl (C=O) groups excluding carboxylic acids is 2. The number of hydrogen-bond acceptors (Lipinski definition) is 5. The van der Waals surface area contributed by atoms with E-state index in [1.807, 2.05) is 0 Å². The number of amides is 2. The Morgan fingerprint density at radius 2 is 1.80 bits per heavy atom. The zero-order chi connectivity index (χ0) is 17.8. The molecule has 0 unspecified atom stereocenters. The molecule has 2 aromatic rings. The third-order valence-electron chi connectivity index (χ3n) is 4.00. The molecule has 0 bridgehead atoms. The number of aromatic nitrogens is 1. The fourth-order valence-electron chi connectivity index (χ4n) is 2.68. The summed E-state index contributed by atoms with van der Waals surface area (Å²) in [6.07, 6.45) is 0.991. The van der Waals surface area contributed by atoms with Gasteiger partial charge >= 0.3 is 6.09 Å². The average molecular weight is 347 g/mol. The second-order valence-corrected chi connectivity index (χ2v) is 5.55. The van der Waals surface area contributed by atoms with Crippen LogP contribution < -0.4 is 0 Å². The molecule has 0 aliphatic carbocycles. The lowest BCUT2D eigenvalue weighted by molar-refractivity contribution is 0.0570. The van der Waals surface area contributed by atoms with E-state index in [4.69, 9.17) is 9.26 Å². The lowest BCUT2D eigenvalue weighted by Crippen LogP contribution is -2.50. The van der Waals surface area contributed by atoms with Crippen molar-refractivity contribution >= 4 is 12.0 Å². The van der Waals surface area contributed by atoms with Crippen molar-refractivity contribution in [2.24, 2.45) is 0 Å². The smallest absolute Gasteiger partial charge is 0.409 e. The monoisotopic (exact) mass is 347 g/mol. The van der Waals surface area contributed by atoms with E-state index in [0.29, 0.717) is 49.7 Å². The molecule has 1 aromatic heterocycles. The summed E-state index contributed by atoms with van der Waals surface area (Å²) in [7, 11) is 0. The van der Waals surface area contributed by atoms with Gasteiger partial charge in [0.05, 0.1) is 12.8 Å². The van der Waals surface area contributed by atoms with Gasteiger partial charge in [-0.05, 0) is 31.2 Å². The fourth-order valence-corrected chi connectivity index (χ4v) is 2.68. The maximum atomic E-state index is 13.1. The first-order valence-corrected chi connectivity index (χ1v) is 8.01. The van der Waals surface area contributed by atoms with Crippen molar-refractivity contribution in [2.75, 3.05) is 32.8 Å². The van der Waals surface area contributed by atoms with Crippen LogP contribution in [0.25, 0.3) is 11.3 Å². The molecule has 7 nitrogen and oxygen atoms in total. The average Bonchev–Trinajstić information content (AvgIpc) is 3.12. The highest BCUT2D eigenvalue weighted by atomic mass is 19.1. The topological polar surface area (TPSA) is 75.9 Å². The van der Waals surface area contributed by atoms with Gasteiger partial charge in [0, 0.05) is 31.7 Å². The molecule has 0 spiro atoms. The SMILES string of the molecule is CCOC(=O)N1CCN(C(=O)c2cnoc2-c2ccc(F)cc2)CC1. The van der Waals surface area contributed by atoms with Gasteiger partial charge in [-0.1, -0.05) is 5.16 Å². The van der Waals surface area contributed by atoms with E-state index in [2.05, 4.69) is 5.16 Å². The number of carbonyl (C=O) groups is 2. The van der Waals surface area contributed by atoms with Crippen LogP contribution in [0.1, 0.15) is 17.3 Å². The highest BCUT2D eigenvalue weighted by Gasteiger charge is 2.28. The third kappa shape index (κ3) is 3.62. The summed E-state index contributed by atoms with van der Waals surface area (Å²) < 4.78 is 23.2. The van der Waals surface area contributed by atoms with Crippen LogP contribution in [0.5, 0.6) is 0 Å². The molecule has 1 aliphatic rings. The minimum Gasteiger partial charge on any atom is -0.450 e. The Morgan fingerprint density at radius 3 is 2.44 bits per heavy atom. The van der Waals surface area contributed by atoms with Crippen LogP contribution in [0, 0.1) is 5.82 Å². The van der Waals surface area contributed by atoms with Crippen molar-refractivity contribution in [1.29, 1.82) is 0 Å². The minimum atomic E-state index is -0.369. The lowest BCUT2D eigenvalue weighted by atomic mass is 10.1. The van der Waals surface area contributed by atoms with E-state index < -0.39 is 0 Å². The molecule has 0 radical (unpaired) electrons. The fraction of sp³-hybridized carbons (Fsp3) is 0.353. The zero-order valence-electron chi connectivity index (χ0n) is 13.8. The molecule has 0 saturated carbocycles. The van der Waals surface area contributed by atoms with E-state index in [1.165, 1.54) is 30.5 Å². The van der Waals surface area contributed by atoms with Crippen LogP contribution in [-0.2, 0) is 4.74 Å². The van der Waals surface area contributed by atoms with E-state index in [1.54, 1.807) is 16.7 Å². The van der Waals surface area contributed by atoms with Gasteiger partial charge in [-0.15, -0.1) is 0 Å². The van der Waals surface area contributed by atoms with Crippen LogP contribution in [-0.4, -0.2) is 59.7 Å². The molecule has 3 rings (SSSR count). The van der Waals surface area contributed by atoms with Gasteiger partial charge in [-0.3, -0.25) is 4.79 Å². The van der Waals surface area contributed by atoms with Crippen LogP contribution in [0.2, 0.25) is 0 Å². The van der Waals surface area contributed by atoms with Gasteiger partial charge in [-0.2, -0.15) is 0 Å². The Kier molecular flexibility index (Phi) is 4.97. The maximum absolute atomic E-state index is 13.1. The summed E-state index contributed by atoms with van der Waals surface area (Å²) >= 11 is 0. The van der Waals surface area contributed by atoms with Crippen LogP contribution in [0.4, 0.5) is 9.18 Å². The predicted octanol–water partition coefficient (Wildman–Crippen LogP) is 2.40.